The number of aryl methyl sites for hydroxylation is 1. The molecule has 1 N–H and O–H groups in total. The van der Waals surface area contributed by atoms with Crippen LogP contribution in [-0.4, -0.2) is 17.6 Å². The van der Waals surface area contributed by atoms with Crippen LogP contribution in [0.15, 0.2) is 48.5 Å². The van der Waals surface area contributed by atoms with Gasteiger partial charge in [0.25, 0.3) is 0 Å². The molecular formula is C26H34N2O2S. The molecule has 31 heavy (non-hydrogen) atoms. The Morgan fingerprint density at radius 3 is 2.48 bits per heavy atom. The quantitative estimate of drug-likeness (QED) is 0.390. The van der Waals surface area contributed by atoms with Gasteiger partial charge in [-0.25, -0.2) is 0 Å². The molecule has 2 aromatic rings. The molecule has 2 amide bonds. The SMILES string of the molecule is CCCCCCCCCC(=O)Nc1cccc([C@H]2SCC(=O)N2c2ccc(C)cc2)c1. The summed E-state index contributed by atoms with van der Waals surface area (Å²) in [6, 6.07) is 16.0. The van der Waals surface area contributed by atoms with Gasteiger partial charge in [-0.1, -0.05) is 75.3 Å². The molecule has 0 spiro atoms. The maximum Gasteiger partial charge on any atom is 0.238 e. The van der Waals surface area contributed by atoms with Crippen molar-refractivity contribution < 1.29 is 9.59 Å². The van der Waals surface area contributed by atoms with Gasteiger partial charge in [0.15, 0.2) is 0 Å². The molecule has 1 aliphatic rings. The normalized spacial score (nSPS) is 16.0. The third kappa shape index (κ3) is 6.86. The molecule has 1 aliphatic heterocycles. The summed E-state index contributed by atoms with van der Waals surface area (Å²) in [6.07, 6.45) is 8.97. The van der Waals surface area contributed by atoms with Crippen LogP contribution >= 0.6 is 11.8 Å². The zero-order valence-corrected chi connectivity index (χ0v) is 19.5. The largest absolute Gasteiger partial charge is 0.326 e. The van der Waals surface area contributed by atoms with Crippen LogP contribution in [-0.2, 0) is 9.59 Å². The minimum atomic E-state index is -0.0739. The number of carbonyl (C=O) groups is 2. The molecule has 5 heteroatoms. The van der Waals surface area contributed by atoms with Crippen molar-refractivity contribution >= 4 is 35.0 Å². The van der Waals surface area contributed by atoms with Gasteiger partial charge >= 0.3 is 0 Å². The number of anilines is 2. The molecule has 0 radical (unpaired) electrons. The van der Waals surface area contributed by atoms with E-state index in [-0.39, 0.29) is 17.2 Å². The third-order valence-electron chi connectivity index (χ3n) is 5.64. The molecule has 3 rings (SSSR count). The Balaban J connectivity index is 1.56. The highest BCUT2D eigenvalue weighted by Gasteiger charge is 2.34. The average molecular weight is 439 g/mol. The van der Waals surface area contributed by atoms with E-state index in [2.05, 4.69) is 12.2 Å². The van der Waals surface area contributed by atoms with Gasteiger partial charge in [0.05, 0.1) is 5.75 Å². The minimum Gasteiger partial charge on any atom is -0.326 e. The first kappa shape index (κ1) is 23.4. The number of hydrogen-bond donors (Lipinski definition) is 1. The molecule has 1 heterocycles. The van der Waals surface area contributed by atoms with E-state index in [1.807, 2.05) is 60.4 Å². The molecule has 0 aliphatic carbocycles. The fourth-order valence-electron chi connectivity index (χ4n) is 3.89. The summed E-state index contributed by atoms with van der Waals surface area (Å²) in [5.41, 5.74) is 3.92. The second-order valence-electron chi connectivity index (χ2n) is 8.31. The van der Waals surface area contributed by atoms with Crippen LogP contribution in [0, 0.1) is 6.92 Å². The first-order valence-corrected chi connectivity index (χ1v) is 12.5. The Labute approximate surface area is 190 Å². The molecule has 0 unspecified atom stereocenters. The zero-order valence-electron chi connectivity index (χ0n) is 18.7. The van der Waals surface area contributed by atoms with Crippen molar-refractivity contribution in [2.45, 2.75) is 70.6 Å². The van der Waals surface area contributed by atoms with E-state index < -0.39 is 0 Å². The van der Waals surface area contributed by atoms with Gasteiger partial charge in [-0.2, -0.15) is 0 Å². The highest BCUT2D eigenvalue weighted by atomic mass is 32.2. The fourth-order valence-corrected chi connectivity index (χ4v) is 5.06. The molecule has 1 fully saturated rings. The molecule has 1 atom stereocenters. The van der Waals surface area contributed by atoms with Crippen molar-refractivity contribution in [3.8, 4) is 0 Å². The molecule has 166 valence electrons. The predicted octanol–water partition coefficient (Wildman–Crippen LogP) is 6.85. The van der Waals surface area contributed by atoms with Crippen molar-refractivity contribution in [3.63, 3.8) is 0 Å². The van der Waals surface area contributed by atoms with E-state index in [9.17, 15) is 9.59 Å². The van der Waals surface area contributed by atoms with Crippen molar-refractivity contribution in [2.24, 2.45) is 0 Å². The Kier molecular flexibility index (Phi) is 9.01. The highest BCUT2D eigenvalue weighted by Crippen LogP contribution is 2.42. The van der Waals surface area contributed by atoms with Gasteiger partial charge in [-0.15, -0.1) is 11.8 Å². The van der Waals surface area contributed by atoms with Gasteiger partial charge < -0.3 is 5.32 Å². The smallest absolute Gasteiger partial charge is 0.238 e. The topological polar surface area (TPSA) is 49.4 Å². The van der Waals surface area contributed by atoms with Crippen LogP contribution in [0.25, 0.3) is 0 Å². The third-order valence-corrected chi connectivity index (χ3v) is 6.86. The van der Waals surface area contributed by atoms with E-state index >= 15 is 0 Å². The van der Waals surface area contributed by atoms with Gasteiger partial charge in [0.2, 0.25) is 11.8 Å². The number of nitrogens with zero attached hydrogens (tertiary/aromatic N) is 1. The summed E-state index contributed by atoms with van der Waals surface area (Å²) >= 11 is 1.63. The number of nitrogens with one attached hydrogen (secondary N) is 1. The summed E-state index contributed by atoms with van der Waals surface area (Å²) in [7, 11) is 0. The Bertz CT molecular complexity index is 866. The van der Waals surface area contributed by atoms with Gasteiger partial charge in [-0.3, -0.25) is 14.5 Å². The number of carbonyl (C=O) groups excluding carboxylic acids is 2. The maximum atomic E-state index is 12.6. The summed E-state index contributed by atoms with van der Waals surface area (Å²) in [6.45, 7) is 4.27. The maximum absolute atomic E-state index is 12.6. The van der Waals surface area contributed by atoms with Crippen molar-refractivity contribution in [2.75, 3.05) is 16.0 Å². The lowest BCUT2D eigenvalue weighted by atomic mass is 10.1. The standard InChI is InChI=1S/C26H34N2O2S/c1-3-4-5-6-7-8-9-13-24(29)27-22-12-10-11-21(18-22)26-28(25(30)19-31-26)23-16-14-20(2)15-17-23/h10-12,14-18,26H,3-9,13,19H2,1-2H3,(H,27,29)/t26-/m1/s1. The summed E-state index contributed by atoms with van der Waals surface area (Å²) in [5.74, 6) is 0.649. The zero-order chi connectivity index (χ0) is 22.1. The molecule has 0 bridgehead atoms. The average Bonchev–Trinajstić information content (AvgIpc) is 3.15. The Morgan fingerprint density at radius 1 is 1.03 bits per heavy atom. The second-order valence-corrected chi connectivity index (χ2v) is 9.38. The molecule has 2 aromatic carbocycles. The van der Waals surface area contributed by atoms with E-state index in [4.69, 9.17) is 0 Å². The first-order valence-electron chi connectivity index (χ1n) is 11.5. The van der Waals surface area contributed by atoms with Gasteiger partial charge in [-0.05, 0) is 43.2 Å². The summed E-state index contributed by atoms with van der Waals surface area (Å²) in [4.78, 5) is 26.8. The van der Waals surface area contributed by atoms with Crippen molar-refractivity contribution in [3.05, 3.63) is 59.7 Å². The molecule has 4 nitrogen and oxygen atoms in total. The predicted molar refractivity (Wildman–Crippen MR) is 132 cm³/mol. The van der Waals surface area contributed by atoms with E-state index in [0.717, 1.165) is 29.8 Å². The van der Waals surface area contributed by atoms with Gasteiger partial charge in [0, 0.05) is 17.8 Å². The molecule has 1 saturated heterocycles. The molecule has 0 aromatic heterocycles. The van der Waals surface area contributed by atoms with Crippen LogP contribution in [0.3, 0.4) is 0 Å². The lowest BCUT2D eigenvalue weighted by molar-refractivity contribution is -0.117. The number of thioether (sulfide) groups is 1. The van der Waals surface area contributed by atoms with Crippen molar-refractivity contribution in [1.82, 2.24) is 0 Å². The van der Waals surface area contributed by atoms with Crippen LogP contribution in [0.5, 0.6) is 0 Å². The van der Waals surface area contributed by atoms with Crippen LogP contribution < -0.4 is 10.2 Å². The summed E-state index contributed by atoms with van der Waals surface area (Å²) in [5, 5.41) is 2.96. The Hall–Kier alpha value is -2.27. The van der Waals surface area contributed by atoms with Crippen LogP contribution in [0.2, 0.25) is 0 Å². The Morgan fingerprint density at radius 2 is 1.74 bits per heavy atom. The van der Waals surface area contributed by atoms with E-state index in [1.165, 1.54) is 37.7 Å². The number of unbranched alkanes of at least 4 members (excludes halogenated alkanes) is 6. The van der Waals surface area contributed by atoms with Crippen molar-refractivity contribution in [1.29, 1.82) is 0 Å². The van der Waals surface area contributed by atoms with Gasteiger partial charge in [0.1, 0.15) is 5.37 Å². The summed E-state index contributed by atoms with van der Waals surface area (Å²) < 4.78 is 0. The number of hydrogen-bond acceptors (Lipinski definition) is 3. The fraction of sp³-hybridized carbons (Fsp3) is 0.462. The van der Waals surface area contributed by atoms with E-state index in [1.54, 1.807) is 11.8 Å². The lowest BCUT2D eigenvalue weighted by Gasteiger charge is -2.25. The minimum absolute atomic E-state index is 0.0660. The number of benzene rings is 2. The van der Waals surface area contributed by atoms with E-state index in [0.29, 0.717) is 12.2 Å². The molecular weight excluding hydrogens is 404 g/mol. The highest BCUT2D eigenvalue weighted by molar-refractivity contribution is 8.00. The first-order chi connectivity index (χ1) is 15.1. The monoisotopic (exact) mass is 438 g/mol. The second kappa shape index (κ2) is 11.9. The number of amides is 2. The molecule has 0 saturated carbocycles. The lowest BCUT2D eigenvalue weighted by Crippen LogP contribution is -2.27. The number of rotatable bonds is 11. The van der Waals surface area contributed by atoms with Crippen LogP contribution in [0.1, 0.15) is 74.8 Å². The van der Waals surface area contributed by atoms with Crippen LogP contribution in [0.4, 0.5) is 11.4 Å².